The first-order valence-electron chi connectivity index (χ1n) is 8.86. The third-order valence-corrected chi connectivity index (χ3v) is 3.66. The van der Waals surface area contributed by atoms with Crippen LogP contribution >= 0.6 is 0 Å². The number of rotatable bonds is 11. The van der Waals surface area contributed by atoms with E-state index in [2.05, 4.69) is 6.92 Å². The number of carbonyl (C=O) groups excluding carboxylic acids is 2. The van der Waals surface area contributed by atoms with Gasteiger partial charge in [-0.15, -0.1) is 0 Å². The number of allylic oxidation sites excluding steroid dienone is 1. The smallest absolute Gasteiger partial charge is 0.142 e. The Balaban J connectivity index is 0.000000433. The fourth-order valence-electron chi connectivity index (χ4n) is 2.21. The van der Waals surface area contributed by atoms with Crippen molar-refractivity contribution in [2.24, 2.45) is 5.92 Å². The van der Waals surface area contributed by atoms with Crippen LogP contribution in [0.25, 0.3) is 6.08 Å². The van der Waals surface area contributed by atoms with E-state index in [1.165, 1.54) is 51.0 Å². The van der Waals surface area contributed by atoms with E-state index in [0.29, 0.717) is 0 Å². The highest BCUT2D eigenvalue weighted by molar-refractivity contribution is 5.73. The lowest BCUT2D eigenvalue weighted by Crippen LogP contribution is -1.94. The number of aldehydes is 2. The van der Waals surface area contributed by atoms with E-state index in [1.807, 2.05) is 37.3 Å². The Morgan fingerprint density at radius 1 is 0.913 bits per heavy atom. The van der Waals surface area contributed by atoms with Crippen LogP contribution in [-0.4, -0.2) is 12.6 Å². The van der Waals surface area contributed by atoms with Gasteiger partial charge in [-0.3, -0.25) is 4.79 Å². The normalized spacial score (nSPS) is 11.6. The molecule has 2 nitrogen and oxygen atoms in total. The molecule has 1 rings (SSSR count). The molecule has 0 aliphatic heterocycles. The van der Waals surface area contributed by atoms with Gasteiger partial charge >= 0.3 is 0 Å². The van der Waals surface area contributed by atoms with Crippen LogP contribution in [0.15, 0.2) is 36.4 Å². The molecule has 0 saturated carbocycles. The molecular weight excluding hydrogens is 284 g/mol. The Morgan fingerprint density at radius 3 is 2.09 bits per heavy atom. The topological polar surface area (TPSA) is 34.1 Å². The highest BCUT2D eigenvalue weighted by atomic mass is 16.1. The number of unbranched alkanes of at least 4 members (excludes halogenated alkanes) is 6. The Hall–Kier alpha value is -1.70. The zero-order chi connectivity index (χ0) is 17.2. The second-order valence-electron chi connectivity index (χ2n) is 5.93. The molecule has 0 radical (unpaired) electrons. The van der Waals surface area contributed by atoms with E-state index in [0.717, 1.165) is 24.6 Å². The monoisotopic (exact) mass is 316 g/mol. The van der Waals surface area contributed by atoms with Crippen molar-refractivity contribution in [2.75, 3.05) is 0 Å². The van der Waals surface area contributed by atoms with Gasteiger partial charge in [0.25, 0.3) is 0 Å². The average Bonchev–Trinajstić information content (AvgIpc) is 2.60. The maximum atomic E-state index is 10.3. The fourth-order valence-corrected chi connectivity index (χ4v) is 2.21. The van der Waals surface area contributed by atoms with E-state index in [-0.39, 0.29) is 5.92 Å². The van der Waals surface area contributed by atoms with E-state index in [4.69, 9.17) is 0 Å². The number of carbonyl (C=O) groups is 2. The lowest BCUT2D eigenvalue weighted by atomic mass is 10.0. The first-order valence-corrected chi connectivity index (χ1v) is 8.86. The molecule has 0 aromatic heterocycles. The first-order chi connectivity index (χ1) is 11.2. The van der Waals surface area contributed by atoms with Gasteiger partial charge in [0.1, 0.15) is 12.6 Å². The van der Waals surface area contributed by atoms with Crippen LogP contribution in [0, 0.1) is 5.92 Å². The third-order valence-electron chi connectivity index (χ3n) is 3.66. The van der Waals surface area contributed by atoms with Crippen molar-refractivity contribution in [1.29, 1.82) is 0 Å². The van der Waals surface area contributed by atoms with Crippen molar-refractivity contribution in [3.8, 4) is 0 Å². The Kier molecular flexibility index (Phi) is 15.4. The minimum Gasteiger partial charge on any atom is -0.303 e. The molecule has 2 heteroatoms. The maximum Gasteiger partial charge on any atom is 0.142 e. The van der Waals surface area contributed by atoms with Crippen LogP contribution < -0.4 is 0 Å². The van der Waals surface area contributed by atoms with Crippen molar-refractivity contribution in [3.63, 3.8) is 0 Å². The summed E-state index contributed by atoms with van der Waals surface area (Å²) in [5.41, 5.74) is 1.05. The molecule has 0 fully saturated rings. The standard InChI is InChI=1S/C12H24O.C9H8O/c1-3-4-5-6-7-8-9-10-12(2)11-13;10-8-4-7-9-5-2-1-3-6-9/h11-12H,3-10H2,1-2H3;1-8H. The van der Waals surface area contributed by atoms with E-state index >= 15 is 0 Å². The molecular formula is C21H32O2. The predicted octanol–water partition coefficient (Wildman–Crippen LogP) is 5.86. The molecule has 1 atom stereocenters. The van der Waals surface area contributed by atoms with Crippen LogP contribution in [0.1, 0.15) is 70.8 Å². The molecule has 1 aromatic carbocycles. The molecule has 0 saturated heterocycles. The molecule has 128 valence electrons. The van der Waals surface area contributed by atoms with Crippen LogP contribution in [-0.2, 0) is 9.59 Å². The number of hydrogen-bond donors (Lipinski definition) is 0. The first kappa shape index (κ1) is 21.3. The minimum absolute atomic E-state index is 0.274. The van der Waals surface area contributed by atoms with Crippen molar-refractivity contribution >= 4 is 18.6 Å². The highest BCUT2D eigenvalue weighted by Gasteiger charge is 1.98. The summed E-state index contributed by atoms with van der Waals surface area (Å²) in [6.45, 7) is 4.25. The van der Waals surface area contributed by atoms with Crippen LogP contribution in [0.5, 0.6) is 0 Å². The van der Waals surface area contributed by atoms with Crippen LogP contribution in [0.4, 0.5) is 0 Å². The molecule has 1 aromatic rings. The van der Waals surface area contributed by atoms with Crippen LogP contribution in [0.2, 0.25) is 0 Å². The van der Waals surface area contributed by atoms with Gasteiger partial charge < -0.3 is 4.79 Å². The summed E-state index contributed by atoms with van der Waals surface area (Å²) in [5.74, 6) is 0.274. The second-order valence-corrected chi connectivity index (χ2v) is 5.93. The van der Waals surface area contributed by atoms with E-state index < -0.39 is 0 Å². The second kappa shape index (κ2) is 16.7. The largest absolute Gasteiger partial charge is 0.303 e. The third kappa shape index (κ3) is 15.0. The molecule has 0 spiro atoms. The summed E-state index contributed by atoms with van der Waals surface area (Å²) in [6, 6.07) is 9.70. The van der Waals surface area contributed by atoms with Gasteiger partial charge in [-0.25, -0.2) is 0 Å². The lowest BCUT2D eigenvalue weighted by molar-refractivity contribution is -0.110. The number of benzene rings is 1. The predicted molar refractivity (Wildman–Crippen MR) is 99.4 cm³/mol. The van der Waals surface area contributed by atoms with Gasteiger partial charge in [0.2, 0.25) is 0 Å². The average molecular weight is 316 g/mol. The lowest BCUT2D eigenvalue weighted by Gasteiger charge is -2.02. The summed E-state index contributed by atoms with van der Waals surface area (Å²) in [5, 5.41) is 0. The highest BCUT2D eigenvalue weighted by Crippen LogP contribution is 2.11. The summed E-state index contributed by atoms with van der Waals surface area (Å²) in [4.78, 5) is 20.2. The van der Waals surface area contributed by atoms with Gasteiger partial charge in [-0.2, -0.15) is 0 Å². The van der Waals surface area contributed by atoms with Crippen molar-refractivity contribution in [1.82, 2.24) is 0 Å². The van der Waals surface area contributed by atoms with Crippen molar-refractivity contribution in [2.45, 2.75) is 65.2 Å². The van der Waals surface area contributed by atoms with Crippen LogP contribution in [0.3, 0.4) is 0 Å². The Labute approximate surface area is 142 Å². The van der Waals surface area contributed by atoms with E-state index in [9.17, 15) is 9.59 Å². The van der Waals surface area contributed by atoms with E-state index in [1.54, 1.807) is 6.08 Å². The summed E-state index contributed by atoms with van der Waals surface area (Å²) >= 11 is 0. The zero-order valence-corrected chi connectivity index (χ0v) is 14.7. The van der Waals surface area contributed by atoms with Crippen molar-refractivity contribution < 1.29 is 9.59 Å². The zero-order valence-electron chi connectivity index (χ0n) is 14.7. The summed E-state index contributed by atoms with van der Waals surface area (Å²) < 4.78 is 0. The quantitative estimate of drug-likeness (QED) is 0.291. The SMILES string of the molecule is CCCCCCCCCC(C)C=O.O=CC=Cc1ccccc1. The van der Waals surface area contributed by atoms with Gasteiger partial charge in [0.05, 0.1) is 0 Å². The molecule has 1 unspecified atom stereocenters. The molecule has 0 aliphatic rings. The van der Waals surface area contributed by atoms with Gasteiger partial charge in [-0.1, -0.05) is 95.2 Å². The van der Waals surface area contributed by atoms with Crippen molar-refractivity contribution in [3.05, 3.63) is 42.0 Å². The molecule has 23 heavy (non-hydrogen) atoms. The molecule has 0 amide bonds. The Morgan fingerprint density at radius 2 is 1.52 bits per heavy atom. The minimum atomic E-state index is 0.274. The fraction of sp³-hybridized carbons (Fsp3) is 0.524. The maximum absolute atomic E-state index is 10.3. The Bertz CT molecular complexity index is 409. The molecule has 0 bridgehead atoms. The summed E-state index contributed by atoms with van der Waals surface area (Å²) in [7, 11) is 0. The van der Waals surface area contributed by atoms with Gasteiger partial charge in [-0.05, 0) is 18.1 Å². The molecule has 0 aliphatic carbocycles. The molecule has 0 N–H and O–H groups in total. The number of hydrogen-bond acceptors (Lipinski definition) is 2. The van der Waals surface area contributed by atoms with Gasteiger partial charge in [0.15, 0.2) is 0 Å². The molecule has 0 heterocycles. The summed E-state index contributed by atoms with van der Waals surface area (Å²) in [6.07, 6.45) is 15.5. The van der Waals surface area contributed by atoms with Gasteiger partial charge in [0, 0.05) is 5.92 Å².